The van der Waals surface area contributed by atoms with Crippen molar-refractivity contribution in [2.75, 3.05) is 70.9 Å². The topological polar surface area (TPSA) is 59.1 Å². The largest absolute Gasteiger partial charge is 0.368 e. The van der Waals surface area contributed by atoms with E-state index in [0.717, 1.165) is 50.0 Å². The smallest absolute Gasteiger partial charge is 0.317 e. The predicted octanol–water partition coefficient (Wildman–Crippen LogP) is 1.34. The van der Waals surface area contributed by atoms with Gasteiger partial charge < -0.3 is 24.9 Å². The molecule has 0 aliphatic carbocycles. The number of amides is 3. The van der Waals surface area contributed by atoms with Gasteiger partial charge in [-0.3, -0.25) is 4.79 Å². The molecule has 2 fully saturated rings. The van der Waals surface area contributed by atoms with Gasteiger partial charge in [-0.25, -0.2) is 4.79 Å². The van der Waals surface area contributed by atoms with Crippen molar-refractivity contribution in [2.24, 2.45) is 0 Å². The lowest BCUT2D eigenvalue weighted by Crippen LogP contribution is -2.52. The van der Waals surface area contributed by atoms with Crippen LogP contribution in [0.1, 0.15) is 6.42 Å². The van der Waals surface area contributed by atoms with Gasteiger partial charge in [0, 0.05) is 76.0 Å². The highest BCUT2D eigenvalue weighted by atomic mass is 35.5. The number of anilines is 1. The van der Waals surface area contributed by atoms with E-state index in [1.165, 1.54) is 0 Å². The molecule has 0 radical (unpaired) electrons. The van der Waals surface area contributed by atoms with Crippen molar-refractivity contribution in [3.05, 3.63) is 29.3 Å². The molecule has 0 spiro atoms. The lowest BCUT2D eigenvalue weighted by atomic mass is 10.2. The summed E-state index contributed by atoms with van der Waals surface area (Å²) in [5.74, 6) is 0.120. The van der Waals surface area contributed by atoms with Crippen molar-refractivity contribution < 1.29 is 9.59 Å². The molecule has 2 heterocycles. The number of likely N-dealkylation sites (N-methyl/N-ethyl adjacent to an activating group) is 1. The van der Waals surface area contributed by atoms with E-state index in [1.807, 2.05) is 29.2 Å². The van der Waals surface area contributed by atoms with Crippen LogP contribution >= 0.6 is 11.6 Å². The molecule has 3 rings (SSSR count). The third-order valence-electron chi connectivity index (χ3n) is 5.21. The van der Waals surface area contributed by atoms with Gasteiger partial charge in [0.05, 0.1) is 0 Å². The van der Waals surface area contributed by atoms with Crippen molar-refractivity contribution in [1.82, 2.24) is 20.0 Å². The minimum Gasteiger partial charge on any atom is -0.368 e. The van der Waals surface area contributed by atoms with Crippen LogP contribution in [0.4, 0.5) is 10.5 Å². The second-order valence-electron chi connectivity index (χ2n) is 7.12. The number of halogens is 1. The zero-order valence-electron chi connectivity index (χ0n) is 15.9. The number of hydrogen-bond acceptors (Lipinski definition) is 4. The molecule has 148 valence electrons. The van der Waals surface area contributed by atoms with Gasteiger partial charge in [0.1, 0.15) is 0 Å². The zero-order chi connectivity index (χ0) is 19.2. The fraction of sp³-hybridized carbons (Fsp3) is 0.579. The number of urea groups is 1. The van der Waals surface area contributed by atoms with E-state index >= 15 is 0 Å². The molecule has 27 heavy (non-hydrogen) atoms. The summed E-state index contributed by atoms with van der Waals surface area (Å²) < 4.78 is 0. The van der Waals surface area contributed by atoms with E-state index in [1.54, 1.807) is 4.90 Å². The van der Waals surface area contributed by atoms with Crippen molar-refractivity contribution in [3.8, 4) is 0 Å². The van der Waals surface area contributed by atoms with Gasteiger partial charge in [0.25, 0.3) is 0 Å². The van der Waals surface area contributed by atoms with Gasteiger partial charge in [-0.2, -0.15) is 0 Å². The summed E-state index contributed by atoms with van der Waals surface area (Å²) in [5.41, 5.74) is 1.08. The number of carbonyl (C=O) groups excluding carboxylic acids is 2. The minimum atomic E-state index is -0.0908. The molecule has 3 amide bonds. The molecular weight excluding hydrogens is 366 g/mol. The van der Waals surface area contributed by atoms with Crippen LogP contribution in [-0.2, 0) is 4.79 Å². The summed E-state index contributed by atoms with van der Waals surface area (Å²) in [6.45, 7) is 6.61. The Hall–Kier alpha value is -1.99. The molecule has 0 atom stereocenters. The molecular formula is C19H28ClN5O2. The number of benzene rings is 1. The SMILES string of the molecule is CN1CCN(C(=O)CCNC(=O)N2CCN(c3cccc(Cl)c3)CC2)CC1. The van der Waals surface area contributed by atoms with Crippen LogP contribution < -0.4 is 10.2 Å². The number of hydrogen-bond donors (Lipinski definition) is 1. The lowest BCUT2D eigenvalue weighted by Gasteiger charge is -2.36. The first-order valence-electron chi connectivity index (χ1n) is 9.52. The maximum atomic E-state index is 12.3. The molecule has 1 aromatic carbocycles. The number of nitrogens with zero attached hydrogens (tertiary/aromatic N) is 4. The van der Waals surface area contributed by atoms with E-state index in [-0.39, 0.29) is 11.9 Å². The average Bonchev–Trinajstić information content (AvgIpc) is 2.68. The Bertz CT molecular complexity index is 655. The Morgan fingerprint density at radius 2 is 1.67 bits per heavy atom. The first-order valence-corrected chi connectivity index (χ1v) is 9.90. The molecule has 2 aliphatic heterocycles. The van der Waals surface area contributed by atoms with E-state index in [9.17, 15) is 9.59 Å². The van der Waals surface area contributed by atoms with Crippen LogP contribution in [0.2, 0.25) is 5.02 Å². The van der Waals surface area contributed by atoms with Crippen LogP contribution in [0.15, 0.2) is 24.3 Å². The third kappa shape index (κ3) is 5.49. The Morgan fingerprint density at radius 1 is 1.00 bits per heavy atom. The Balaban J connectivity index is 1.36. The zero-order valence-corrected chi connectivity index (χ0v) is 16.6. The number of carbonyl (C=O) groups is 2. The highest BCUT2D eigenvalue weighted by Crippen LogP contribution is 2.20. The van der Waals surface area contributed by atoms with Gasteiger partial charge in [0.15, 0.2) is 0 Å². The second-order valence-corrected chi connectivity index (χ2v) is 7.56. The average molecular weight is 394 g/mol. The standard InChI is InChI=1S/C19H28ClN5O2/c1-22-7-9-24(10-8-22)18(26)5-6-21-19(27)25-13-11-23(12-14-25)17-4-2-3-16(20)15-17/h2-4,15H,5-14H2,1H3,(H,21,27). The quantitative estimate of drug-likeness (QED) is 0.838. The van der Waals surface area contributed by atoms with Crippen molar-refractivity contribution in [1.29, 1.82) is 0 Å². The Labute approximate surface area is 165 Å². The van der Waals surface area contributed by atoms with Crippen molar-refractivity contribution in [2.45, 2.75) is 6.42 Å². The summed E-state index contributed by atoms with van der Waals surface area (Å²) in [4.78, 5) is 32.7. The maximum absolute atomic E-state index is 12.3. The molecule has 1 N–H and O–H groups in total. The van der Waals surface area contributed by atoms with Gasteiger partial charge in [0.2, 0.25) is 5.91 Å². The molecule has 0 bridgehead atoms. The van der Waals surface area contributed by atoms with Crippen LogP contribution in [0.3, 0.4) is 0 Å². The summed E-state index contributed by atoms with van der Waals surface area (Å²) in [6, 6.07) is 7.69. The first kappa shape index (κ1) is 19.8. The summed E-state index contributed by atoms with van der Waals surface area (Å²) >= 11 is 6.05. The molecule has 0 saturated carbocycles. The van der Waals surface area contributed by atoms with E-state index in [2.05, 4.69) is 22.2 Å². The van der Waals surface area contributed by atoms with Crippen LogP contribution in [0.5, 0.6) is 0 Å². The van der Waals surface area contributed by atoms with Gasteiger partial charge in [-0.15, -0.1) is 0 Å². The fourth-order valence-corrected chi connectivity index (χ4v) is 3.63. The highest BCUT2D eigenvalue weighted by molar-refractivity contribution is 6.30. The van der Waals surface area contributed by atoms with Crippen LogP contribution in [-0.4, -0.2) is 92.6 Å². The van der Waals surface area contributed by atoms with Crippen molar-refractivity contribution >= 4 is 29.2 Å². The fourth-order valence-electron chi connectivity index (χ4n) is 3.44. The third-order valence-corrected chi connectivity index (χ3v) is 5.45. The van der Waals surface area contributed by atoms with E-state index < -0.39 is 0 Å². The summed E-state index contributed by atoms with van der Waals surface area (Å²) in [5, 5.41) is 3.60. The van der Waals surface area contributed by atoms with Crippen LogP contribution in [0.25, 0.3) is 0 Å². The Kier molecular flexibility index (Phi) is 6.79. The van der Waals surface area contributed by atoms with Crippen LogP contribution in [0, 0.1) is 0 Å². The molecule has 8 heteroatoms. The number of piperazine rings is 2. The highest BCUT2D eigenvalue weighted by Gasteiger charge is 2.22. The van der Waals surface area contributed by atoms with E-state index in [4.69, 9.17) is 11.6 Å². The Morgan fingerprint density at radius 3 is 2.33 bits per heavy atom. The predicted molar refractivity (Wildman–Crippen MR) is 107 cm³/mol. The molecule has 0 unspecified atom stereocenters. The minimum absolute atomic E-state index is 0.0908. The molecule has 2 aliphatic rings. The normalized spacial score (nSPS) is 18.5. The summed E-state index contributed by atoms with van der Waals surface area (Å²) in [7, 11) is 2.06. The molecule has 2 saturated heterocycles. The first-order chi connectivity index (χ1) is 13.0. The molecule has 1 aromatic rings. The monoisotopic (exact) mass is 393 g/mol. The molecule has 0 aromatic heterocycles. The van der Waals surface area contributed by atoms with Gasteiger partial charge >= 0.3 is 6.03 Å². The second kappa shape index (κ2) is 9.28. The van der Waals surface area contributed by atoms with E-state index in [0.29, 0.717) is 26.1 Å². The van der Waals surface area contributed by atoms with Gasteiger partial charge in [-0.05, 0) is 25.2 Å². The maximum Gasteiger partial charge on any atom is 0.317 e. The number of nitrogens with one attached hydrogen (secondary N) is 1. The lowest BCUT2D eigenvalue weighted by molar-refractivity contribution is -0.132. The number of rotatable bonds is 4. The summed E-state index contributed by atoms with van der Waals surface area (Å²) in [6.07, 6.45) is 0.359. The molecule has 7 nitrogen and oxygen atoms in total. The van der Waals surface area contributed by atoms with Crippen molar-refractivity contribution in [3.63, 3.8) is 0 Å². The van der Waals surface area contributed by atoms with Gasteiger partial charge in [-0.1, -0.05) is 17.7 Å².